The lowest BCUT2D eigenvalue weighted by molar-refractivity contribution is -0.137. The Labute approximate surface area is 108 Å². The molecule has 1 fully saturated rings. The Bertz CT molecular complexity index is 479. The molecule has 0 heterocycles. The fourth-order valence-electron chi connectivity index (χ4n) is 2.16. The van der Waals surface area contributed by atoms with Crippen LogP contribution in [0.1, 0.15) is 41.6 Å². The molecule has 19 heavy (non-hydrogen) atoms. The number of hydrogen-bond donors (Lipinski definition) is 1. The predicted molar refractivity (Wildman–Crippen MR) is 63.5 cm³/mol. The summed E-state index contributed by atoms with van der Waals surface area (Å²) in [6.07, 6.45) is -1.24. The first-order chi connectivity index (χ1) is 8.86. The van der Waals surface area contributed by atoms with E-state index in [9.17, 15) is 18.0 Å². The number of nitrogen functional groups attached to an aromatic ring is 1. The summed E-state index contributed by atoms with van der Waals surface area (Å²) in [5.41, 5.74) is 4.20. The minimum absolute atomic E-state index is 0.104. The van der Waals surface area contributed by atoms with E-state index in [1.54, 1.807) is 0 Å². The highest BCUT2D eigenvalue weighted by atomic mass is 19.4. The van der Waals surface area contributed by atoms with E-state index in [-0.39, 0.29) is 17.4 Å². The summed E-state index contributed by atoms with van der Waals surface area (Å²) in [5, 5.41) is 0. The highest BCUT2D eigenvalue weighted by Gasteiger charge is 2.32. The molecule has 0 spiro atoms. The van der Waals surface area contributed by atoms with Crippen molar-refractivity contribution in [3.63, 3.8) is 0 Å². The molecule has 0 saturated heterocycles. The molecular formula is C13H14F3NO2. The van der Waals surface area contributed by atoms with Crippen molar-refractivity contribution >= 4 is 11.7 Å². The van der Waals surface area contributed by atoms with Crippen LogP contribution in [0.15, 0.2) is 18.2 Å². The van der Waals surface area contributed by atoms with Gasteiger partial charge in [-0.15, -0.1) is 0 Å². The summed E-state index contributed by atoms with van der Waals surface area (Å²) in [7, 11) is 0. The molecule has 1 aromatic rings. The summed E-state index contributed by atoms with van der Waals surface area (Å²) in [5.74, 6) is -0.746. The molecule has 0 atom stereocenters. The highest BCUT2D eigenvalue weighted by molar-refractivity contribution is 5.90. The largest absolute Gasteiger partial charge is 0.459 e. The zero-order valence-electron chi connectivity index (χ0n) is 10.2. The molecule has 2 N–H and O–H groups in total. The number of carbonyl (C=O) groups is 1. The van der Waals surface area contributed by atoms with E-state index in [1.807, 2.05) is 0 Å². The van der Waals surface area contributed by atoms with Crippen molar-refractivity contribution in [1.29, 1.82) is 0 Å². The van der Waals surface area contributed by atoms with Crippen LogP contribution in [0, 0.1) is 0 Å². The smallest absolute Gasteiger partial charge is 0.416 e. The third-order valence-electron chi connectivity index (χ3n) is 3.09. The molecule has 0 amide bonds. The van der Waals surface area contributed by atoms with Crippen LogP contribution >= 0.6 is 0 Å². The molecule has 1 aliphatic carbocycles. The van der Waals surface area contributed by atoms with Gasteiger partial charge in [0, 0.05) is 5.69 Å². The number of nitrogens with two attached hydrogens (primary N) is 1. The molecule has 0 radical (unpaired) electrons. The number of hydrogen-bond acceptors (Lipinski definition) is 3. The van der Waals surface area contributed by atoms with Gasteiger partial charge in [-0.2, -0.15) is 13.2 Å². The van der Waals surface area contributed by atoms with Crippen molar-refractivity contribution in [1.82, 2.24) is 0 Å². The molecule has 1 aromatic carbocycles. The topological polar surface area (TPSA) is 52.3 Å². The van der Waals surface area contributed by atoms with Crippen LogP contribution in [0.2, 0.25) is 0 Å². The average molecular weight is 273 g/mol. The molecule has 1 saturated carbocycles. The second kappa shape index (κ2) is 5.11. The molecular weight excluding hydrogens is 259 g/mol. The number of halogens is 3. The normalized spacial score (nSPS) is 16.6. The van der Waals surface area contributed by atoms with Crippen LogP contribution in [0.4, 0.5) is 18.9 Å². The Morgan fingerprint density at radius 1 is 1.21 bits per heavy atom. The average Bonchev–Trinajstić information content (AvgIpc) is 2.79. The molecule has 0 aliphatic heterocycles. The minimum Gasteiger partial charge on any atom is -0.459 e. The van der Waals surface area contributed by atoms with Crippen LogP contribution in [0.5, 0.6) is 0 Å². The molecule has 2 rings (SSSR count). The van der Waals surface area contributed by atoms with Crippen molar-refractivity contribution in [2.45, 2.75) is 38.0 Å². The zero-order chi connectivity index (χ0) is 14.0. The van der Waals surface area contributed by atoms with Gasteiger partial charge in [0.2, 0.25) is 0 Å². The number of anilines is 1. The Kier molecular flexibility index (Phi) is 3.68. The van der Waals surface area contributed by atoms with Gasteiger partial charge in [0.1, 0.15) is 6.10 Å². The molecule has 1 aliphatic rings. The van der Waals surface area contributed by atoms with Gasteiger partial charge in [-0.1, -0.05) is 0 Å². The van der Waals surface area contributed by atoms with Crippen LogP contribution < -0.4 is 5.73 Å². The van der Waals surface area contributed by atoms with Gasteiger partial charge in [0.25, 0.3) is 0 Å². The van der Waals surface area contributed by atoms with Crippen molar-refractivity contribution in [3.05, 3.63) is 29.3 Å². The lowest BCUT2D eigenvalue weighted by atomic mass is 10.1. The molecule has 3 nitrogen and oxygen atoms in total. The van der Waals surface area contributed by atoms with E-state index in [2.05, 4.69) is 0 Å². The van der Waals surface area contributed by atoms with Gasteiger partial charge in [-0.05, 0) is 43.9 Å². The Morgan fingerprint density at radius 3 is 2.42 bits per heavy atom. The lowest BCUT2D eigenvalue weighted by Crippen LogP contribution is -2.16. The molecule has 0 bridgehead atoms. The van der Waals surface area contributed by atoms with Crippen LogP contribution in [0.3, 0.4) is 0 Å². The quantitative estimate of drug-likeness (QED) is 0.663. The lowest BCUT2D eigenvalue weighted by Gasteiger charge is -2.13. The van der Waals surface area contributed by atoms with Crippen molar-refractivity contribution in [2.75, 3.05) is 5.73 Å². The number of alkyl halides is 3. The fraction of sp³-hybridized carbons (Fsp3) is 0.462. The van der Waals surface area contributed by atoms with E-state index in [0.29, 0.717) is 0 Å². The number of ether oxygens (including phenoxy) is 1. The number of esters is 1. The molecule has 0 aromatic heterocycles. The van der Waals surface area contributed by atoms with Crippen LogP contribution in [-0.4, -0.2) is 12.1 Å². The van der Waals surface area contributed by atoms with E-state index >= 15 is 0 Å². The predicted octanol–water partition coefficient (Wildman–Crippen LogP) is 3.39. The van der Waals surface area contributed by atoms with Gasteiger partial charge in [-0.25, -0.2) is 4.79 Å². The second-order valence-corrected chi connectivity index (χ2v) is 4.65. The highest BCUT2D eigenvalue weighted by Crippen LogP contribution is 2.32. The minimum atomic E-state index is -4.53. The number of carbonyl (C=O) groups excluding carboxylic acids is 1. The van der Waals surface area contributed by atoms with E-state index in [4.69, 9.17) is 10.5 Å². The van der Waals surface area contributed by atoms with Crippen molar-refractivity contribution < 1.29 is 22.7 Å². The zero-order valence-corrected chi connectivity index (χ0v) is 10.2. The third kappa shape index (κ3) is 3.39. The van der Waals surface area contributed by atoms with Crippen LogP contribution in [-0.2, 0) is 10.9 Å². The maximum atomic E-state index is 12.6. The SMILES string of the molecule is Nc1cc(C(=O)OC2CCCC2)cc(C(F)(F)F)c1. The maximum Gasteiger partial charge on any atom is 0.416 e. The van der Waals surface area contributed by atoms with Crippen molar-refractivity contribution in [2.24, 2.45) is 0 Å². The standard InChI is InChI=1S/C13H14F3NO2/c14-13(15,16)9-5-8(6-10(17)7-9)12(18)19-11-3-1-2-4-11/h5-7,11H,1-4,17H2. The maximum absolute atomic E-state index is 12.6. The second-order valence-electron chi connectivity index (χ2n) is 4.65. The summed E-state index contributed by atoms with van der Waals surface area (Å²) >= 11 is 0. The summed E-state index contributed by atoms with van der Waals surface area (Å²) in [6, 6.07) is 2.77. The molecule has 0 unspecified atom stereocenters. The van der Waals surface area contributed by atoms with Gasteiger partial charge in [-0.3, -0.25) is 0 Å². The summed E-state index contributed by atoms with van der Waals surface area (Å²) in [6.45, 7) is 0. The van der Waals surface area contributed by atoms with Crippen molar-refractivity contribution in [3.8, 4) is 0 Å². The third-order valence-corrected chi connectivity index (χ3v) is 3.09. The number of rotatable bonds is 2. The molecule has 6 heteroatoms. The summed E-state index contributed by atoms with van der Waals surface area (Å²) < 4.78 is 43.0. The summed E-state index contributed by atoms with van der Waals surface area (Å²) in [4.78, 5) is 11.8. The fourth-order valence-corrected chi connectivity index (χ4v) is 2.16. The first-order valence-corrected chi connectivity index (χ1v) is 6.05. The van der Waals surface area contributed by atoms with Gasteiger partial charge in [0.05, 0.1) is 11.1 Å². The van der Waals surface area contributed by atoms with Gasteiger partial charge < -0.3 is 10.5 Å². The van der Waals surface area contributed by atoms with E-state index in [1.165, 1.54) is 6.07 Å². The Morgan fingerprint density at radius 2 is 1.84 bits per heavy atom. The van der Waals surface area contributed by atoms with Gasteiger partial charge >= 0.3 is 12.1 Å². The van der Waals surface area contributed by atoms with Gasteiger partial charge in [0.15, 0.2) is 0 Å². The van der Waals surface area contributed by atoms with Crippen LogP contribution in [0.25, 0.3) is 0 Å². The number of benzene rings is 1. The van der Waals surface area contributed by atoms with E-state index < -0.39 is 17.7 Å². The first kappa shape index (κ1) is 13.7. The molecule has 104 valence electrons. The Hall–Kier alpha value is -1.72. The Balaban J connectivity index is 2.19. The monoisotopic (exact) mass is 273 g/mol. The first-order valence-electron chi connectivity index (χ1n) is 6.05. The van der Waals surface area contributed by atoms with E-state index in [0.717, 1.165) is 37.8 Å².